The molecule has 0 radical (unpaired) electrons. The number of aliphatic hydroxyl groups is 1. The van der Waals surface area contributed by atoms with Crippen LogP contribution >= 0.6 is 0 Å². The molecule has 3 fully saturated rings. The van der Waals surface area contributed by atoms with Gasteiger partial charge in [0.2, 0.25) is 5.89 Å². The normalized spacial score (nSPS) is 44.3. The van der Waals surface area contributed by atoms with Gasteiger partial charge in [-0.25, -0.2) is 0 Å². The summed E-state index contributed by atoms with van der Waals surface area (Å²) < 4.78 is 5.52. The van der Waals surface area contributed by atoms with Gasteiger partial charge in [0, 0.05) is 23.7 Å². The lowest BCUT2D eigenvalue weighted by Crippen LogP contribution is -2.65. The fraction of sp³-hybridized carbons (Fsp3) is 0.758. The molecule has 39 heavy (non-hydrogen) atoms. The maximum absolute atomic E-state index is 14.6. The summed E-state index contributed by atoms with van der Waals surface area (Å²) in [7, 11) is 0. The fourth-order valence-electron chi connectivity index (χ4n) is 10.8. The van der Waals surface area contributed by atoms with Crippen molar-refractivity contribution < 1.29 is 14.4 Å². The van der Waals surface area contributed by atoms with Crippen LogP contribution in [0.15, 0.2) is 27.5 Å². The predicted octanol–water partition coefficient (Wildman–Crippen LogP) is 7.56. The topological polar surface area (TPSA) is 100 Å². The molecule has 1 aromatic heterocycles. The standard InChI is InChI=1S/C33H45N3O3/c1-19-35-27(36-39-19)33-13-11-28(2,3)17-21(33)25-22(37)15-24-30(6)16-20(18-34)26(38)29(4,5)23(30)9-10-31(24,7)32(25,8)12-14-33/h15,21,23,25,38H,9-14,16-17H2,1-8H3/t21-,23-,25-,30-,31+,32+,33-/m0/s1. The van der Waals surface area contributed by atoms with E-state index in [-0.39, 0.29) is 56.4 Å². The molecule has 1 heterocycles. The Bertz CT molecular complexity index is 1360. The van der Waals surface area contributed by atoms with Gasteiger partial charge in [0.15, 0.2) is 11.6 Å². The van der Waals surface area contributed by atoms with Crippen molar-refractivity contribution in [3.63, 3.8) is 0 Å². The highest BCUT2D eigenvalue weighted by molar-refractivity contribution is 5.95. The second-order valence-electron chi connectivity index (χ2n) is 15.8. The van der Waals surface area contributed by atoms with E-state index in [1.807, 2.05) is 13.0 Å². The van der Waals surface area contributed by atoms with Gasteiger partial charge in [0.25, 0.3) is 0 Å². The summed E-state index contributed by atoms with van der Waals surface area (Å²) in [5, 5.41) is 25.5. The molecular weight excluding hydrogens is 486 g/mol. The number of hydrogen-bond donors (Lipinski definition) is 1. The number of ketones is 1. The first-order valence-corrected chi connectivity index (χ1v) is 15.0. The van der Waals surface area contributed by atoms with Gasteiger partial charge in [-0.05, 0) is 90.9 Å². The minimum absolute atomic E-state index is 0.102. The molecule has 6 nitrogen and oxygen atoms in total. The monoisotopic (exact) mass is 531 g/mol. The van der Waals surface area contributed by atoms with Crippen molar-refractivity contribution in [3.05, 3.63) is 34.7 Å². The van der Waals surface area contributed by atoms with Gasteiger partial charge in [-0.2, -0.15) is 10.2 Å². The summed E-state index contributed by atoms with van der Waals surface area (Å²) in [5.74, 6) is 2.11. The van der Waals surface area contributed by atoms with E-state index >= 15 is 0 Å². The van der Waals surface area contributed by atoms with E-state index in [9.17, 15) is 15.2 Å². The number of carbonyl (C=O) groups is 1. The number of nitriles is 1. The second kappa shape index (κ2) is 7.86. The quantitative estimate of drug-likeness (QED) is 0.401. The van der Waals surface area contributed by atoms with Gasteiger partial charge in [-0.3, -0.25) is 4.79 Å². The number of rotatable bonds is 1. The molecule has 210 valence electrons. The average molecular weight is 532 g/mol. The van der Waals surface area contributed by atoms with Crippen LogP contribution in [0.5, 0.6) is 0 Å². The molecule has 0 aromatic carbocycles. The highest BCUT2D eigenvalue weighted by Gasteiger charge is 2.70. The SMILES string of the molecule is Cc1nc([C@]23CCC(C)(C)C[C@H]2[C@H]2C(=O)C=C4[C@@]5(C)CC(C#N)=C(O)C(C)(C)[C@@H]5CC[C@@]4(C)[C@]2(C)CC3)no1. The predicted molar refractivity (Wildman–Crippen MR) is 148 cm³/mol. The van der Waals surface area contributed by atoms with E-state index in [4.69, 9.17) is 9.51 Å². The van der Waals surface area contributed by atoms with Crippen LogP contribution in [-0.2, 0) is 10.2 Å². The summed E-state index contributed by atoms with van der Waals surface area (Å²) in [6.07, 6.45) is 9.45. The van der Waals surface area contributed by atoms with Crippen LogP contribution < -0.4 is 0 Å². The molecule has 5 aliphatic carbocycles. The Morgan fingerprint density at radius 2 is 1.74 bits per heavy atom. The van der Waals surface area contributed by atoms with Gasteiger partial charge in [0.05, 0.1) is 11.6 Å². The van der Waals surface area contributed by atoms with Crippen LogP contribution in [0.4, 0.5) is 0 Å². The molecule has 3 saturated carbocycles. The van der Waals surface area contributed by atoms with E-state index in [1.54, 1.807) is 0 Å². The zero-order valence-corrected chi connectivity index (χ0v) is 25.1. The summed E-state index contributed by atoms with van der Waals surface area (Å²) in [6.45, 7) is 17.8. The molecule has 7 atom stereocenters. The third kappa shape index (κ3) is 3.22. The van der Waals surface area contributed by atoms with Crippen molar-refractivity contribution in [3.8, 4) is 6.07 Å². The summed E-state index contributed by atoms with van der Waals surface area (Å²) in [6, 6.07) is 2.32. The number of aryl methyl sites for hydroxylation is 1. The second-order valence-corrected chi connectivity index (χ2v) is 15.8. The molecule has 0 spiro atoms. The van der Waals surface area contributed by atoms with Gasteiger partial charge in [-0.15, -0.1) is 0 Å². The fourth-order valence-corrected chi connectivity index (χ4v) is 10.8. The zero-order chi connectivity index (χ0) is 28.4. The van der Waals surface area contributed by atoms with Crippen LogP contribution in [0, 0.1) is 63.1 Å². The van der Waals surface area contributed by atoms with E-state index < -0.39 is 5.41 Å². The van der Waals surface area contributed by atoms with Gasteiger partial charge >= 0.3 is 0 Å². The largest absolute Gasteiger partial charge is 0.511 e. The molecular formula is C33H45N3O3. The molecule has 1 aromatic rings. The van der Waals surface area contributed by atoms with Crippen LogP contribution in [0.3, 0.4) is 0 Å². The van der Waals surface area contributed by atoms with E-state index in [0.29, 0.717) is 17.9 Å². The van der Waals surface area contributed by atoms with Crippen LogP contribution in [0.1, 0.15) is 112 Å². The average Bonchev–Trinajstić information content (AvgIpc) is 3.29. The minimum Gasteiger partial charge on any atom is -0.511 e. The number of aromatic nitrogens is 2. The maximum atomic E-state index is 14.6. The molecule has 0 bridgehead atoms. The first kappa shape index (κ1) is 26.8. The van der Waals surface area contributed by atoms with E-state index in [1.165, 1.54) is 5.57 Å². The maximum Gasteiger partial charge on any atom is 0.223 e. The lowest BCUT2D eigenvalue weighted by atomic mass is 9.34. The third-order valence-corrected chi connectivity index (χ3v) is 13.1. The van der Waals surface area contributed by atoms with Crippen molar-refractivity contribution >= 4 is 5.78 Å². The van der Waals surface area contributed by atoms with Crippen molar-refractivity contribution in [2.24, 2.45) is 44.8 Å². The number of hydrogen-bond acceptors (Lipinski definition) is 6. The smallest absolute Gasteiger partial charge is 0.223 e. The Morgan fingerprint density at radius 1 is 1.05 bits per heavy atom. The van der Waals surface area contributed by atoms with Crippen molar-refractivity contribution in [2.75, 3.05) is 0 Å². The molecule has 6 rings (SSSR count). The highest BCUT2D eigenvalue weighted by Crippen LogP contribution is 2.75. The van der Waals surface area contributed by atoms with Crippen molar-refractivity contribution in [1.82, 2.24) is 10.1 Å². The number of fused-ring (bicyclic) bond motifs is 7. The Kier molecular flexibility index (Phi) is 5.40. The van der Waals surface area contributed by atoms with Crippen molar-refractivity contribution in [2.45, 2.75) is 112 Å². The number of nitrogens with zero attached hydrogens (tertiary/aromatic N) is 3. The zero-order valence-electron chi connectivity index (χ0n) is 25.1. The third-order valence-electron chi connectivity index (χ3n) is 13.1. The molecule has 0 amide bonds. The lowest BCUT2D eigenvalue weighted by Gasteiger charge is -2.69. The van der Waals surface area contributed by atoms with Gasteiger partial charge < -0.3 is 9.63 Å². The molecule has 0 unspecified atom stereocenters. The molecule has 1 N–H and O–H groups in total. The Morgan fingerprint density at radius 3 is 2.38 bits per heavy atom. The highest BCUT2D eigenvalue weighted by atomic mass is 16.5. The van der Waals surface area contributed by atoms with Crippen LogP contribution in [0.25, 0.3) is 0 Å². The first-order valence-electron chi connectivity index (χ1n) is 15.0. The van der Waals surface area contributed by atoms with Gasteiger partial charge in [0.1, 0.15) is 5.76 Å². The molecule has 0 aliphatic heterocycles. The number of carbonyl (C=O) groups excluding carboxylic acids is 1. The lowest BCUT2D eigenvalue weighted by molar-refractivity contribution is -0.161. The van der Waals surface area contributed by atoms with Crippen LogP contribution in [-0.4, -0.2) is 21.0 Å². The van der Waals surface area contributed by atoms with E-state index in [2.05, 4.69) is 59.7 Å². The first-order chi connectivity index (χ1) is 18.1. The number of allylic oxidation sites excluding steroid dienone is 4. The molecule has 6 heteroatoms. The Hall–Kier alpha value is -2.42. The summed E-state index contributed by atoms with van der Waals surface area (Å²) in [4.78, 5) is 19.4. The summed E-state index contributed by atoms with van der Waals surface area (Å²) >= 11 is 0. The van der Waals surface area contributed by atoms with Crippen LogP contribution in [0.2, 0.25) is 0 Å². The molecule has 0 saturated heterocycles. The van der Waals surface area contributed by atoms with Crippen molar-refractivity contribution in [1.29, 1.82) is 5.26 Å². The van der Waals surface area contributed by atoms with E-state index in [0.717, 1.165) is 50.8 Å². The Labute approximate surface area is 233 Å². The molecule has 5 aliphatic rings. The number of aliphatic hydroxyl groups excluding tert-OH is 1. The summed E-state index contributed by atoms with van der Waals surface area (Å²) in [5.41, 5.74) is 0.399. The Balaban J connectivity index is 1.52. The van der Waals surface area contributed by atoms with Gasteiger partial charge in [-0.1, -0.05) is 59.2 Å². The minimum atomic E-state index is -0.507.